The number of amides is 2. The van der Waals surface area contributed by atoms with Crippen molar-refractivity contribution in [2.24, 2.45) is 5.92 Å². The van der Waals surface area contributed by atoms with E-state index in [0.29, 0.717) is 18.0 Å². The van der Waals surface area contributed by atoms with Crippen LogP contribution in [0.2, 0.25) is 0 Å². The third-order valence-electron chi connectivity index (χ3n) is 5.36. The Morgan fingerprint density at radius 2 is 2.08 bits per heavy atom. The molecule has 1 aromatic rings. The van der Waals surface area contributed by atoms with E-state index in [0.717, 1.165) is 51.0 Å². The number of aryl methyl sites for hydroxylation is 1. The van der Waals surface area contributed by atoms with E-state index < -0.39 is 0 Å². The molecule has 7 nitrogen and oxygen atoms in total. The van der Waals surface area contributed by atoms with Crippen LogP contribution in [-0.4, -0.2) is 83.0 Å². The fourth-order valence-electron chi connectivity index (χ4n) is 3.98. The second-order valence-corrected chi connectivity index (χ2v) is 7.55. The molecule has 0 spiro atoms. The molecule has 3 aliphatic heterocycles. The quantitative estimate of drug-likeness (QED) is 0.862. The van der Waals surface area contributed by atoms with E-state index in [-0.39, 0.29) is 17.9 Å². The largest absolute Gasteiger partial charge is 0.348 e. The topological polar surface area (TPSA) is 72.5 Å². The highest BCUT2D eigenvalue weighted by molar-refractivity contribution is 5.95. The minimum atomic E-state index is 0.0905. The number of nitrogens with zero attached hydrogens (tertiary/aromatic N) is 4. The third kappa shape index (κ3) is 3.86. The van der Waals surface area contributed by atoms with Crippen LogP contribution in [0.3, 0.4) is 0 Å². The smallest absolute Gasteiger partial charge is 0.257 e. The summed E-state index contributed by atoms with van der Waals surface area (Å²) in [6, 6.07) is 0.186. The molecule has 4 rings (SSSR count). The molecule has 2 amide bonds. The molecule has 0 unspecified atom stereocenters. The number of H-pyrrole nitrogens is 1. The first-order valence-electron chi connectivity index (χ1n) is 9.25. The molecule has 1 aromatic heterocycles. The van der Waals surface area contributed by atoms with Crippen molar-refractivity contribution in [2.45, 2.75) is 38.6 Å². The summed E-state index contributed by atoms with van der Waals surface area (Å²) >= 11 is 0. The third-order valence-corrected chi connectivity index (χ3v) is 5.36. The lowest BCUT2D eigenvalue weighted by Crippen LogP contribution is -2.48. The van der Waals surface area contributed by atoms with Crippen molar-refractivity contribution in [3.8, 4) is 0 Å². The number of piperidine rings is 1. The molecule has 4 heterocycles. The van der Waals surface area contributed by atoms with Gasteiger partial charge in [0.05, 0.1) is 18.3 Å². The number of rotatable bonds is 5. The number of hydrogen-bond donors (Lipinski definition) is 1. The summed E-state index contributed by atoms with van der Waals surface area (Å²) in [6.45, 7) is 5.00. The monoisotopic (exact) mass is 347 g/mol. The van der Waals surface area contributed by atoms with Crippen LogP contribution < -0.4 is 0 Å². The van der Waals surface area contributed by atoms with Crippen LogP contribution in [0.15, 0.2) is 6.20 Å². The van der Waals surface area contributed by atoms with E-state index >= 15 is 0 Å². The van der Waals surface area contributed by atoms with Crippen molar-refractivity contribution in [1.82, 2.24) is 24.9 Å². The van der Waals surface area contributed by atoms with Crippen LogP contribution in [0, 0.1) is 5.92 Å². The maximum Gasteiger partial charge on any atom is 0.257 e. The first-order chi connectivity index (χ1) is 12.0. The van der Waals surface area contributed by atoms with E-state index in [9.17, 15) is 9.59 Å². The van der Waals surface area contributed by atoms with Crippen molar-refractivity contribution >= 4 is 11.8 Å². The Bertz CT molecular complexity index is 627. The van der Waals surface area contributed by atoms with E-state index in [1.165, 1.54) is 0 Å². The standard InChI is InChI=1S/C18H29N5O2/c1-4-5-16-15(8-19-20-16)18(25)23-10-13-6-7-14(23)11-22(9-13)12-17(24)21(2)3/h8,13-14H,4-7,9-12H2,1-3H3,(H,19,20)/t13-,14+/m1/s1. The molecule has 1 N–H and O–H groups in total. The van der Waals surface area contributed by atoms with Gasteiger partial charge in [-0.3, -0.25) is 19.6 Å². The molecular weight excluding hydrogens is 318 g/mol. The Labute approximate surface area is 149 Å². The molecule has 0 aromatic carbocycles. The summed E-state index contributed by atoms with van der Waals surface area (Å²) in [5.41, 5.74) is 1.65. The summed E-state index contributed by atoms with van der Waals surface area (Å²) in [5.74, 6) is 0.658. The van der Waals surface area contributed by atoms with Gasteiger partial charge in [0.25, 0.3) is 5.91 Å². The molecule has 2 atom stereocenters. The second kappa shape index (κ2) is 7.56. The predicted octanol–water partition coefficient (Wildman–Crippen LogP) is 0.987. The summed E-state index contributed by atoms with van der Waals surface area (Å²) in [6.07, 6.45) is 5.64. The Morgan fingerprint density at radius 3 is 2.80 bits per heavy atom. The van der Waals surface area contributed by atoms with E-state index in [1.807, 2.05) is 4.90 Å². The van der Waals surface area contributed by atoms with Crippen LogP contribution >= 0.6 is 0 Å². The van der Waals surface area contributed by atoms with Crippen LogP contribution in [0.1, 0.15) is 42.2 Å². The Hall–Kier alpha value is -1.89. The Balaban J connectivity index is 1.73. The molecule has 25 heavy (non-hydrogen) atoms. The molecule has 3 fully saturated rings. The average molecular weight is 347 g/mol. The van der Waals surface area contributed by atoms with Gasteiger partial charge in [0.2, 0.25) is 5.91 Å². The Morgan fingerprint density at radius 1 is 1.28 bits per heavy atom. The van der Waals surface area contributed by atoms with Crippen LogP contribution in [0.25, 0.3) is 0 Å². The van der Waals surface area contributed by atoms with Crippen LogP contribution in [0.4, 0.5) is 0 Å². The first-order valence-corrected chi connectivity index (χ1v) is 9.25. The summed E-state index contributed by atoms with van der Waals surface area (Å²) in [7, 11) is 3.58. The SMILES string of the molecule is CCCc1[nH]ncc1C(=O)N1C[C@@H]2CC[C@H]1CN(CC(=O)N(C)C)C2. The fourth-order valence-corrected chi connectivity index (χ4v) is 3.98. The van der Waals surface area contributed by atoms with Gasteiger partial charge >= 0.3 is 0 Å². The number of fused-ring (bicyclic) bond motifs is 4. The number of aromatic amines is 1. The highest BCUT2D eigenvalue weighted by atomic mass is 16.2. The summed E-state index contributed by atoms with van der Waals surface area (Å²) in [5, 5.41) is 7.06. The van der Waals surface area contributed by atoms with Gasteiger partial charge in [0, 0.05) is 45.5 Å². The highest BCUT2D eigenvalue weighted by Crippen LogP contribution is 2.29. The van der Waals surface area contributed by atoms with Gasteiger partial charge in [-0.05, 0) is 25.2 Å². The zero-order valence-corrected chi connectivity index (χ0v) is 15.5. The lowest BCUT2D eigenvalue weighted by Gasteiger charge is -2.36. The first kappa shape index (κ1) is 17.9. The normalized spacial score (nSPS) is 23.6. The van der Waals surface area contributed by atoms with Crippen molar-refractivity contribution in [2.75, 3.05) is 40.3 Å². The van der Waals surface area contributed by atoms with Crippen molar-refractivity contribution in [3.63, 3.8) is 0 Å². The zero-order chi connectivity index (χ0) is 18.0. The summed E-state index contributed by atoms with van der Waals surface area (Å²) < 4.78 is 0. The minimum absolute atomic E-state index is 0.0905. The van der Waals surface area contributed by atoms with Gasteiger partial charge in [-0.25, -0.2) is 0 Å². The predicted molar refractivity (Wildman–Crippen MR) is 95.3 cm³/mol. The number of hydrogen-bond acceptors (Lipinski definition) is 4. The molecule has 3 aliphatic rings. The Kier molecular flexibility index (Phi) is 5.42. The molecular formula is C18H29N5O2. The number of nitrogens with one attached hydrogen (secondary N) is 1. The zero-order valence-electron chi connectivity index (χ0n) is 15.5. The van der Waals surface area contributed by atoms with E-state index in [4.69, 9.17) is 0 Å². The van der Waals surface area contributed by atoms with Crippen molar-refractivity contribution in [1.29, 1.82) is 0 Å². The average Bonchev–Trinajstić information content (AvgIpc) is 2.86. The van der Waals surface area contributed by atoms with Gasteiger partial charge in [0.15, 0.2) is 0 Å². The maximum absolute atomic E-state index is 13.1. The van der Waals surface area contributed by atoms with Crippen LogP contribution in [0.5, 0.6) is 0 Å². The van der Waals surface area contributed by atoms with Gasteiger partial charge < -0.3 is 9.80 Å². The van der Waals surface area contributed by atoms with E-state index in [2.05, 4.69) is 22.0 Å². The number of carbonyl (C=O) groups is 2. The molecule has 0 radical (unpaired) electrons. The number of likely N-dealkylation sites (N-methyl/N-ethyl adjacent to an activating group) is 1. The molecule has 3 saturated heterocycles. The maximum atomic E-state index is 13.1. The van der Waals surface area contributed by atoms with Crippen molar-refractivity contribution in [3.05, 3.63) is 17.5 Å². The molecule has 7 heteroatoms. The molecule has 0 saturated carbocycles. The minimum Gasteiger partial charge on any atom is -0.348 e. The lowest BCUT2D eigenvalue weighted by atomic mass is 9.94. The number of carbonyl (C=O) groups excluding carboxylic acids is 2. The highest BCUT2D eigenvalue weighted by Gasteiger charge is 2.38. The van der Waals surface area contributed by atoms with Gasteiger partial charge in [-0.2, -0.15) is 5.10 Å². The van der Waals surface area contributed by atoms with Gasteiger partial charge in [-0.15, -0.1) is 0 Å². The van der Waals surface area contributed by atoms with Gasteiger partial charge in [-0.1, -0.05) is 13.3 Å². The lowest BCUT2D eigenvalue weighted by molar-refractivity contribution is -0.129. The van der Waals surface area contributed by atoms with Gasteiger partial charge in [0.1, 0.15) is 0 Å². The van der Waals surface area contributed by atoms with Crippen LogP contribution in [-0.2, 0) is 11.2 Å². The van der Waals surface area contributed by atoms with E-state index in [1.54, 1.807) is 25.2 Å². The number of aromatic nitrogens is 2. The fraction of sp³-hybridized carbons (Fsp3) is 0.722. The molecule has 0 aliphatic carbocycles. The van der Waals surface area contributed by atoms with Crippen molar-refractivity contribution < 1.29 is 9.59 Å². The second-order valence-electron chi connectivity index (χ2n) is 7.55. The molecule has 138 valence electrons. The molecule has 2 bridgehead atoms. The summed E-state index contributed by atoms with van der Waals surface area (Å²) in [4.78, 5) is 31.1.